The molecule has 0 aliphatic carbocycles. The second-order valence-electron chi connectivity index (χ2n) is 4.02. The van der Waals surface area contributed by atoms with E-state index in [1.807, 2.05) is 0 Å². The number of halogens is 3. The predicted octanol–water partition coefficient (Wildman–Crippen LogP) is 3.97. The van der Waals surface area contributed by atoms with Crippen LogP contribution in [0.5, 0.6) is 0 Å². The van der Waals surface area contributed by atoms with Crippen molar-refractivity contribution in [2.75, 3.05) is 11.9 Å². The van der Waals surface area contributed by atoms with Crippen LogP contribution in [0.2, 0.25) is 15.1 Å². The van der Waals surface area contributed by atoms with Crippen molar-refractivity contribution < 1.29 is 0 Å². The van der Waals surface area contributed by atoms with Crippen LogP contribution in [-0.2, 0) is 6.42 Å². The first kappa shape index (κ1) is 16.2. The van der Waals surface area contributed by atoms with Crippen molar-refractivity contribution in [3.05, 3.63) is 51.4 Å². The molecule has 2 rings (SSSR count). The van der Waals surface area contributed by atoms with E-state index in [1.165, 1.54) is 0 Å². The van der Waals surface area contributed by atoms with Gasteiger partial charge < -0.3 is 10.6 Å². The van der Waals surface area contributed by atoms with Gasteiger partial charge in [-0.05, 0) is 30.4 Å². The van der Waals surface area contributed by atoms with E-state index in [1.54, 1.807) is 30.6 Å². The first-order chi connectivity index (χ1) is 10.1. The molecule has 0 unspecified atom stereocenters. The Bertz CT molecular complexity index is 651. The van der Waals surface area contributed by atoms with E-state index >= 15 is 0 Å². The van der Waals surface area contributed by atoms with Gasteiger partial charge >= 0.3 is 0 Å². The smallest absolute Gasteiger partial charge is 0.171 e. The Kier molecular flexibility index (Phi) is 5.99. The molecule has 0 aromatic carbocycles. The predicted molar refractivity (Wildman–Crippen MR) is 91.4 cm³/mol. The van der Waals surface area contributed by atoms with Gasteiger partial charge in [0.15, 0.2) is 10.9 Å². The monoisotopic (exact) mass is 360 g/mol. The van der Waals surface area contributed by atoms with E-state index in [0.717, 1.165) is 5.69 Å². The Morgan fingerprint density at radius 3 is 2.67 bits per heavy atom. The second kappa shape index (κ2) is 7.75. The number of rotatable bonds is 4. The normalized spacial score (nSPS) is 10.2. The number of aromatic nitrogens is 2. The Hall–Kier alpha value is -1.14. The number of hydrogen-bond acceptors (Lipinski definition) is 3. The van der Waals surface area contributed by atoms with Gasteiger partial charge in [-0.25, -0.2) is 4.98 Å². The molecule has 0 saturated carbocycles. The van der Waals surface area contributed by atoms with Crippen LogP contribution in [0.4, 0.5) is 5.82 Å². The lowest BCUT2D eigenvalue weighted by molar-refractivity contribution is 0.847. The van der Waals surface area contributed by atoms with Gasteiger partial charge in [0.1, 0.15) is 0 Å². The van der Waals surface area contributed by atoms with Crippen LogP contribution in [0, 0.1) is 0 Å². The third-order valence-electron chi connectivity index (χ3n) is 2.55. The number of pyridine rings is 2. The zero-order chi connectivity index (χ0) is 15.2. The Balaban J connectivity index is 1.85. The Morgan fingerprint density at radius 1 is 1.10 bits per heavy atom. The van der Waals surface area contributed by atoms with Gasteiger partial charge in [-0.15, -0.1) is 0 Å². The highest BCUT2D eigenvalue weighted by atomic mass is 35.5. The summed E-state index contributed by atoms with van der Waals surface area (Å²) in [6.07, 6.45) is 3.84. The number of nitrogens with one attached hydrogen (secondary N) is 2. The van der Waals surface area contributed by atoms with Gasteiger partial charge in [0.25, 0.3) is 0 Å². The fraction of sp³-hybridized carbons (Fsp3) is 0.154. The van der Waals surface area contributed by atoms with E-state index < -0.39 is 0 Å². The summed E-state index contributed by atoms with van der Waals surface area (Å²) in [7, 11) is 0. The van der Waals surface area contributed by atoms with Gasteiger partial charge in [-0.2, -0.15) is 0 Å². The van der Waals surface area contributed by atoms with E-state index in [4.69, 9.17) is 47.0 Å². The Morgan fingerprint density at radius 2 is 1.90 bits per heavy atom. The maximum Gasteiger partial charge on any atom is 0.171 e. The molecule has 0 saturated heterocycles. The molecule has 0 atom stereocenters. The summed E-state index contributed by atoms with van der Waals surface area (Å²) in [4.78, 5) is 8.27. The molecular weight excluding hydrogens is 351 g/mol. The van der Waals surface area contributed by atoms with Crippen LogP contribution in [0.3, 0.4) is 0 Å². The maximum absolute atomic E-state index is 6.06. The molecule has 4 nitrogen and oxygen atoms in total. The summed E-state index contributed by atoms with van der Waals surface area (Å²) in [5.74, 6) is 0.510. The van der Waals surface area contributed by atoms with Crippen molar-refractivity contribution >= 4 is 58.0 Å². The highest BCUT2D eigenvalue weighted by Gasteiger charge is 2.07. The van der Waals surface area contributed by atoms with Crippen LogP contribution >= 0.6 is 47.0 Å². The highest BCUT2D eigenvalue weighted by molar-refractivity contribution is 7.80. The van der Waals surface area contributed by atoms with Gasteiger partial charge in [0.2, 0.25) is 0 Å². The van der Waals surface area contributed by atoms with E-state index in [-0.39, 0.29) is 0 Å². The molecule has 0 spiro atoms. The van der Waals surface area contributed by atoms with Gasteiger partial charge in [0.05, 0.1) is 20.8 Å². The average Bonchev–Trinajstić information content (AvgIpc) is 2.46. The molecule has 0 fully saturated rings. The minimum absolute atomic E-state index is 0.425. The van der Waals surface area contributed by atoms with Crippen LogP contribution in [0.25, 0.3) is 0 Å². The topological polar surface area (TPSA) is 49.8 Å². The molecule has 0 aliphatic heterocycles. The maximum atomic E-state index is 6.06. The van der Waals surface area contributed by atoms with Crippen LogP contribution in [-0.4, -0.2) is 21.6 Å². The first-order valence-electron chi connectivity index (χ1n) is 6.02. The summed E-state index contributed by atoms with van der Waals surface area (Å²) in [6.45, 7) is 0.559. The minimum Gasteiger partial charge on any atom is -0.362 e. The van der Waals surface area contributed by atoms with Crippen molar-refractivity contribution in [1.29, 1.82) is 0 Å². The molecule has 8 heteroatoms. The van der Waals surface area contributed by atoms with Crippen molar-refractivity contribution in [2.24, 2.45) is 0 Å². The van der Waals surface area contributed by atoms with Crippen molar-refractivity contribution in [3.63, 3.8) is 0 Å². The first-order valence-corrected chi connectivity index (χ1v) is 7.56. The zero-order valence-corrected chi connectivity index (χ0v) is 13.8. The lowest BCUT2D eigenvalue weighted by Gasteiger charge is -2.11. The van der Waals surface area contributed by atoms with E-state index in [0.29, 0.717) is 39.0 Å². The molecule has 110 valence electrons. The fourth-order valence-corrected chi connectivity index (χ4v) is 2.30. The van der Waals surface area contributed by atoms with Gasteiger partial charge in [0, 0.05) is 25.4 Å². The molecule has 2 heterocycles. The molecule has 21 heavy (non-hydrogen) atoms. The largest absolute Gasteiger partial charge is 0.362 e. The third-order valence-corrected chi connectivity index (χ3v) is 3.94. The number of nitrogens with zero attached hydrogens (tertiary/aromatic N) is 2. The fourth-order valence-electron chi connectivity index (χ4n) is 1.56. The molecule has 2 aromatic heterocycles. The molecule has 0 radical (unpaired) electrons. The summed E-state index contributed by atoms with van der Waals surface area (Å²) in [5, 5.41) is 7.83. The Labute approximate surface area is 142 Å². The molecule has 0 aliphatic rings. The quantitative estimate of drug-likeness (QED) is 0.807. The van der Waals surface area contributed by atoms with Gasteiger partial charge in [-0.3, -0.25) is 4.98 Å². The van der Waals surface area contributed by atoms with Gasteiger partial charge in [-0.1, -0.05) is 34.8 Å². The lowest BCUT2D eigenvalue weighted by atomic mass is 10.2. The summed E-state index contributed by atoms with van der Waals surface area (Å²) < 4.78 is 0. The molecule has 2 aromatic rings. The molecule has 0 bridgehead atoms. The molecule has 0 amide bonds. The molecular formula is C13H11Cl3N4S. The SMILES string of the molecule is S=C(NCCc1nccc(Cl)c1Cl)Nc1ncccc1Cl. The van der Waals surface area contributed by atoms with Crippen molar-refractivity contribution in [2.45, 2.75) is 6.42 Å². The van der Waals surface area contributed by atoms with Crippen LogP contribution < -0.4 is 10.6 Å². The minimum atomic E-state index is 0.425. The third kappa shape index (κ3) is 4.68. The standard InChI is InChI=1S/C13H11Cl3N4S/c14-8-3-6-17-10(11(8)16)4-7-19-13(21)20-12-9(15)2-1-5-18-12/h1-3,5-6H,4,7H2,(H2,18,19,20,21). The van der Waals surface area contributed by atoms with Crippen molar-refractivity contribution in [1.82, 2.24) is 15.3 Å². The number of hydrogen-bond donors (Lipinski definition) is 2. The zero-order valence-electron chi connectivity index (χ0n) is 10.7. The molecule has 2 N–H and O–H groups in total. The number of anilines is 1. The summed E-state index contributed by atoms with van der Waals surface area (Å²) in [6, 6.07) is 5.13. The average molecular weight is 362 g/mol. The second-order valence-corrected chi connectivity index (χ2v) is 5.62. The van der Waals surface area contributed by atoms with E-state index in [9.17, 15) is 0 Å². The highest BCUT2D eigenvalue weighted by Crippen LogP contribution is 2.23. The van der Waals surface area contributed by atoms with Crippen LogP contribution in [0.1, 0.15) is 5.69 Å². The summed E-state index contributed by atoms with van der Waals surface area (Å²) >= 11 is 23.1. The van der Waals surface area contributed by atoms with E-state index in [2.05, 4.69) is 20.6 Å². The summed E-state index contributed by atoms with van der Waals surface area (Å²) in [5.41, 5.74) is 0.718. The van der Waals surface area contributed by atoms with Crippen LogP contribution in [0.15, 0.2) is 30.6 Å². The number of thiocarbonyl (C=S) groups is 1. The van der Waals surface area contributed by atoms with Crippen molar-refractivity contribution in [3.8, 4) is 0 Å². The lowest BCUT2D eigenvalue weighted by Crippen LogP contribution is -2.30.